The lowest BCUT2D eigenvalue weighted by Crippen LogP contribution is -2.46. The second-order valence-electron chi connectivity index (χ2n) is 7.10. The van der Waals surface area contributed by atoms with Gasteiger partial charge in [0.05, 0.1) is 12.1 Å². The number of nitrogens with zero attached hydrogens (tertiary/aromatic N) is 2. The Hall–Kier alpha value is -2.09. The van der Waals surface area contributed by atoms with Crippen LogP contribution in [0.5, 0.6) is 0 Å². The Labute approximate surface area is 189 Å². The number of halogens is 2. The summed E-state index contributed by atoms with van der Waals surface area (Å²) in [5.74, 6) is 1.33. The average Bonchev–Trinajstić information content (AvgIpc) is 3.21. The van der Waals surface area contributed by atoms with Crippen molar-refractivity contribution in [1.82, 2.24) is 15.2 Å². The van der Waals surface area contributed by atoms with Crippen LogP contribution >= 0.6 is 24.8 Å². The van der Waals surface area contributed by atoms with Crippen LogP contribution in [0.1, 0.15) is 31.6 Å². The SMILES string of the molecule is Cl.Cl.NCCNC(=O)C1CCCN(C(=O)CCCc2ncc(-c3ccccc3)o2)C1. The molecule has 30 heavy (non-hydrogen) atoms. The highest BCUT2D eigenvalue weighted by atomic mass is 35.5. The molecule has 1 unspecified atom stereocenters. The van der Waals surface area contributed by atoms with E-state index in [2.05, 4.69) is 10.3 Å². The molecule has 0 radical (unpaired) electrons. The molecule has 2 heterocycles. The van der Waals surface area contributed by atoms with Crippen molar-refractivity contribution in [1.29, 1.82) is 0 Å². The molecule has 1 aromatic heterocycles. The highest BCUT2D eigenvalue weighted by molar-refractivity contribution is 5.85. The van der Waals surface area contributed by atoms with E-state index in [9.17, 15) is 9.59 Å². The molecule has 3 N–H and O–H groups in total. The third-order valence-electron chi connectivity index (χ3n) is 4.98. The number of nitrogens with two attached hydrogens (primary N) is 1. The quantitative estimate of drug-likeness (QED) is 0.635. The summed E-state index contributed by atoms with van der Waals surface area (Å²) in [7, 11) is 0. The fourth-order valence-corrected chi connectivity index (χ4v) is 3.47. The molecule has 2 amide bonds. The van der Waals surface area contributed by atoms with Crippen LogP contribution in [0.4, 0.5) is 0 Å². The molecule has 7 nitrogen and oxygen atoms in total. The minimum Gasteiger partial charge on any atom is -0.441 e. The second kappa shape index (κ2) is 13.3. The fraction of sp³-hybridized carbons (Fsp3) is 0.476. The number of nitrogens with one attached hydrogen (secondary N) is 1. The number of carbonyl (C=O) groups is 2. The molecule has 1 aromatic carbocycles. The van der Waals surface area contributed by atoms with Crippen LogP contribution in [0.25, 0.3) is 11.3 Å². The van der Waals surface area contributed by atoms with Gasteiger partial charge in [-0.15, -0.1) is 24.8 Å². The molecular weight excluding hydrogens is 427 g/mol. The Morgan fingerprint density at radius 1 is 1.23 bits per heavy atom. The summed E-state index contributed by atoms with van der Waals surface area (Å²) >= 11 is 0. The van der Waals surface area contributed by atoms with Gasteiger partial charge in [-0.05, 0) is 19.3 Å². The number of likely N-dealkylation sites (tertiary alicyclic amines) is 1. The van der Waals surface area contributed by atoms with Crippen molar-refractivity contribution in [2.75, 3.05) is 26.2 Å². The maximum atomic E-state index is 12.5. The van der Waals surface area contributed by atoms with Gasteiger partial charge in [-0.1, -0.05) is 30.3 Å². The van der Waals surface area contributed by atoms with Gasteiger partial charge in [0.25, 0.3) is 0 Å². The Balaban J connectivity index is 0.00000225. The van der Waals surface area contributed by atoms with Crippen molar-refractivity contribution >= 4 is 36.6 Å². The molecule has 1 saturated heterocycles. The van der Waals surface area contributed by atoms with Crippen molar-refractivity contribution in [2.45, 2.75) is 32.1 Å². The van der Waals surface area contributed by atoms with Crippen LogP contribution in [0.15, 0.2) is 40.9 Å². The van der Waals surface area contributed by atoms with Crippen molar-refractivity contribution in [2.24, 2.45) is 11.7 Å². The van der Waals surface area contributed by atoms with Crippen LogP contribution < -0.4 is 11.1 Å². The molecule has 2 aromatic rings. The van der Waals surface area contributed by atoms with Crippen molar-refractivity contribution in [3.63, 3.8) is 0 Å². The van der Waals surface area contributed by atoms with Crippen LogP contribution in [0.3, 0.4) is 0 Å². The normalized spacial score (nSPS) is 15.6. The van der Waals surface area contributed by atoms with Gasteiger partial charge in [0, 0.05) is 44.6 Å². The fourth-order valence-electron chi connectivity index (χ4n) is 3.47. The van der Waals surface area contributed by atoms with Crippen LogP contribution in [-0.2, 0) is 16.0 Å². The number of aryl methyl sites for hydroxylation is 1. The lowest BCUT2D eigenvalue weighted by atomic mass is 9.96. The van der Waals surface area contributed by atoms with Crippen LogP contribution in [0, 0.1) is 5.92 Å². The van der Waals surface area contributed by atoms with Gasteiger partial charge < -0.3 is 20.4 Å². The zero-order chi connectivity index (χ0) is 19.8. The van der Waals surface area contributed by atoms with Crippen molar-refractivity contribution < 1.29 is 14.0 Å². The van der Waals surface area contributed by atoms with E-state index in [1.165, 1.54) is 0 Å². The number of piperidine rings is 1. The number of rotatable bonds is 8. The monoisotopic (exact) mass is 456 g/mol. The maximum absolute atomic E-state index is 12.5. The lowest BCUT2D eigenvalue weighted by molar-refractivity contribution is -0.135. The third kappa shape index (κ3) is 7.31. The predicted molar refractivity (Wildman–Crippen MR) is 121 cm³/mol. The van der Waals surface area contributed by atoms with E-state index in [1.807, 2.05) is 30.3 Å². The van der Waals surface area contributed by atoms with E-state index < -0.39 is 0 Å². The number of benzene rings is 1. The minimum atomic E-state index is -0.135. The highest BCUT2D eigenvalue weighted by Crippen LogP contribution is 2.21. The average molecular weight is 457 g/mol. The van der Waals surface area contributed by atoms with Crippen LogP contribution in [0.2, 0.25) is 0 Å². The van der Waals surface area contributed by atoms with E-state index in [4.69, 9.17) is 10.2 Å². The molecule has 0 saturated carbocycles. The summed E-state index contributed by atoms with van der Waals surface area (Å²) in [4.78, 5) is 30.8. The Bertz CT molecular complexity index is 786. The molecule has 3 rings (SSSR count). The molecule has 1 fully saturated rings. The van der Waals surface area contributed by atoms with Gasteiger partial charge in [0.2, 0.25) is 11.8 Å². The largest absolute Gasteiger partial charge is 0.441 e. The summed E-state index contributed by atoms with van der Waals surface area (Å²) < 4.78 is 5.78. The molecule has 166 valence electrons. The number of aromatic nitrogens is 1. The van der Waals surface area contributed by atoms with E-state index in [0.717, 1.165) is 30.7 Å². The first-order valence-corrected chi connectivity index (χ1v) is 9.93. The molecule has 0 spiro atoms. The summed E-state index contributed by atoms with van der Waals surface area (Å²) in [6.45, 7) is 2.11. The molecule has 1 atom stereocenters. The lowest BCUT2D eigenvalue weighted by Gasteiger charge is -2.32. The van der Waals surface area contributed by atoms with Gasteiger partial charge in [-0.25, -0.2) is 4.98 Å². The van der Waals surface area contributed by atoms with Gasteiger partial charge in [-0.2, -0.15) is 0 Å². The standard InChI is InChI=1S/C21H28N4O3.2ClH/c22-11-12-23-21(27)17-8-5-13-25(15-17)20(26)10-4-9-19-24-14-18(28-19)16-6-2-1-3-7-16;;/h1-3,6-7,14,17H,4-5,8-13,15,22H2,(H,23,27);2*1H. The number of carbonyl (C=O) groups excluding carboxylic acids is 2. The second-order valence-corrected chi connectivity index (χ2v) is 7.10. The number of amides is 2. The molecule has 1 aliphatic rings. The van der Waals surface area contributed by atoms with Crippen molar-refractivity contribution in [3.05, 3.63) is 42.4 Å². The molecule has 1 aliphatic heterocycles. The highest BCUT2D eigenvalue weighted by Gasteiger charge is 2.27. The van der Waals surface area contributed by atoms with E-state index >= 15 is 0 Å². The zero-order valence-electron chi connectivity index (χ0n) is 16.9. The first kappa shape index (κ1) is 25.9. The van der Waals surface area contributed by atoms with Crippen LogP contribution in [-0.4, -0.2) is 47.9 Å². The predicted octanol–water partition coefficient (Wildman–Crippen LogP) is 2.82. The van der Waals surface area contributed by atoms with Gasteiger partial charge >= 0.3 is 0 Å². The summed E-state index contributed by atoms with van der Waals surface area (Å²) in [5.41, 5.74) is 6.42. The number of oxazole rings is 1. The number of hydrogen-bond acceptors (Lipinski definition) is 5. The third-order valence-corrected chi connectivity index (χ3v) is 4.98. The molecule has 0 aliphatic carbocycles. The topological polar surface area (TPSA) is 101 Å². The van der Waals surface area contributed by atoms with Gasteiger partial charge in [0.15, 0.2) is 11.7 Å². The zero-order valence-corrected chi connectivity index (χ0v) is 18.6. The van der Waals surface area contributed by atoms with E-state index in [0.29, 0.717) is 44.8 Å². The smallest absolute Gasteiger partial charge is 0.224 e. The van der Waals surface area contributed by atoms with Gasteiger partial charge in [-0.3, -0.25) is 9.59 Å². The Morgan fingerprint density at radius 3 is 2.73 bits per heavy atom. The Morgan fingerprint density at radius 2 is 2.00 bits per heavy atom. The van der Waals surface area contributed by atoms with E-state index in [-0.39, 0.29) is 42.5 Å². The van der Waals surface area contributed by atoms with E-state index in [1.54, 1.807) is 11.1 Å². The summed E-state index contributed by atoms with van der Waals surface area (Å²) in [6.07, 6.45) is 5.12. The molecular formula is C21H30Cl2N4O3. The molecule has 9 heteroatoms. The summed E-state index contributed by atoms with van der Waals surface area (Å²) in [5, 5.41) is 2.82. The molecule has 0 bridgehead atoms. The first-order valence-electron chi connectivity index (χ1n) is 9.93. The number of hydrogen-bond donors (Lipinski definition) is 2. The Kier molecular flexibility index (Phi) is 11.5. The summed E-state index contributed by atoms with van der Waals surface area (Å²) in [6, 6.07) is 9.82. The van der Waals surface area contributed by atoms with Gasteiger partial charge in [0.1, 0.15) is 0 Å². The minimum absolute atomic E-state index is 0. The van der Waals surface area contributed by atoms with Crippen molar-refractivity contribution in [3.8, 4) is 11.3 Å². The maximum Gasteiger partial charge on any atom is 0.224 e. The first-order chi connectivity index (χ1) is 13.7.